The van der Waals surface area contributed by atoms with Crippen molar-refractivity contribution in [2.24, 2.45) is 16.7 Å². The fourth-order valence-electron chi connectivity index (χ4n) is 5.66. The van der Waals surface area contributed by atoms with Crippen molar-refractivity contribution < 1.29 is 19.1 Å². The topological polar surface area (TPSA) is 55.9 Å². The van der Waals surface area contributed by atoms with Crippen LogP contribution in [0.3, 0.4) is 0 Å². The highest BCUT2D eigenvalue weighted by Crippen LogP contribution is 2.78. The Kier molecular flexibility index (Phi) is 3.22. The average molecular weight is 371 g/mol. The molecule has 2 saturated heterocycles. The van der Waals surface area contributed by atoms with Crippen LogP contribution >= 0.6 is 15.9 Å². The predicted octanol–water partition coefficient (Wildman–Crippen LogP) is 3.11. The normalized spacial score (nSPS) is 55.5. The SMILES string of the molecule is CC1(C)C2C=CC3(C)C1(C[C@H]1O[C@]13C)O[C@]2(C)CBr.O=C=O. The van der Waals surface area contributed by atoms with Crippen LogP contribution in [0.4, 0.5) is 0 Å². The molecule has 0 aromatic heterocycles. The molecule has 22 heavy (non-hydrogen) atoms. The van der Waals surface area contributed by atoms with E-state index >= 15 is 0 Å². The highest BCUT2D eigenvalue weighted by molar-refractivity contribution is 9.09. The summed E-state index contributed by atoms with van der Waals surface area (Å²) in [5, 5.41) is 0.887. The maximum absolute atomic E-state index is 8.12. The molecule has 122 valence electrons. The first-order valence-electron chi connectivity index (χ1n) is 7.71. The molecule has 6 atom stereocenters. The molecule has 4 nitrogen and oxygen atoms in total. The van der Waals surface area contributed by atoms with Crippen molar-refractivity contribution in [3.05, 3.63) is 12.2 Å². The van der Waals surface area contributed by atoms with Gasteiger partial charge in [-0.3, -0.25) is 0 Å². The minimum absolute atomic E-state index is 0.00933. The molecule has 1 spiro atoms. The van der Waals surface area contributed by atoms with E-state index in [9.17, 15) is 0 Å². The van der Waals surface area contributed by atoms with E-state index in [0.717, 1.165) is 11.8 Å². The zero-order valence-electron chi connectivity index (χ0n) is 13.7. The number of carbonyl (C=O) groups excluding carboxylic acids is 2. The van der Waals surface area contributed by atoms with Gasteiger partial charge >= 0.3 is 6.15 Å². The molecule has 0 amide bonds. The van der Waals surface area contributed by atoms with E-state index < -0.39 is 0 Å². The first-order valence-corrected chi connectivity index (χ1v) is 8.83. The highest BCUT2D eigenvalue weighted by Gasteiger charge is 2.85. The Morgan fingerprint density at radius 1 is 1.23 bits per heavy atom. The molecule has 3 fully saturated rings. The fourth-order valence-corrected chi connectivity index (χ4v) is 6.12. The van der Waals surface area contributed by atoms with Crippen LogP contribution in [0.1, 0.15) is 41.0 Å². The van der Waals surface area contributed by atoms with Crippen LogP contribution in [-0.4, -0.2) is 34.4 Å². The summed E-state index contributed by atoms with van der Waals surface area (Å²) >= 11 is 3.68. The second kappa shape index (κ2) is 4.32. The Bertz CT molecular complexity index is 581. The summed E-state index contributed by atoms with van der Waals surface area (Å²) in [6, 6.07) is 0. The summed E-state index contributed by atoms with van der Waals surface area (Å²) in [7, 11) is 0. The lowest BCUT2D eigenvalue weighted by Crippen LogP contribution is -2.58. The Hall–Kier alpha value is -0.480. The number of halogens is 1. The van der Waals surface area contributed by atoms with E-state index in [1.54, 1.807) is 0 Å². The van der Waals surface area contributed by atoms with Crippen LogP contribution in [-0.2, 0) is 19.1 Å². The van der Waals surface area contributed by atoms with Crippen molar-refractivity contribution >= 4 is 22.1 Å². The summed E-state index contributed by atoms with van der Waals surface area (Å²) < 4.78 is 12.8. The van der Waals surface area contributed by atoms with E-state index in [1.807, 2.05) is 0 Å². The zero-order valence-corrected chi connectivity index (χ0v) is 15.3. The molecular formula is C17H23BrO4. The largest absolute Gasteiger partial charge is 0.373 e. The molecule has 0 aromatic rings. The lowest BCUT2D eigenvalue weighted by molar-refractivity contribution is -0.191. The van der Waals surface area contributed by atoms with E-state index in [-0.39, 0.29) is 33.8 Å². The van der Waals surface area contributed by atoms with Gasteiger partial charge < -0.3 is 9.47 Å². The summed E-state index contributed by atoms with van der Waals surface area (Å²) in [4.78, 5) is 16.2. The molecule has 1 saturated carbocycles. The molecule has 2 bridgehead atoms. The Labute approximate surface area is 139 Å². The Morgan fingerprint density at radius 3 is 2.36 bits per heavy atom. The summed E-state index contributed by atoms with van der Waals surface area (Å²) in [6.07, 6.45) is 6.47. The van der Waals surface area contributed by atoms with Gasteiger partial charge in [-0.15, -0.1) is 0 Å². The predicted molar refractivity (Wildman–Crippen MR) is 83.4 cm³/mol. The van der Waals surface area contributed by atoms with Gasteiger partial charge in [0, 0.05) is 28.5 Å². The van der Waals surface area contributed by atoms with Crippen LogP contribution < -0.4 is 0 Å². The standard InChI is InChI=1S/C16H23BrO2.CO2/c1-12(2)10-6-7-14(4)15(5)11(18-15)8-16(12,14)19-13(10,3)9-17;2-1-3/h6-7,10-11H,8-9H2,1-5H3;/t10?,11-,13-,14?,15-,16?;/m1./s1. The maximum atomic E-state index is 8.12. The van der Waals surface area contributed by atoms with Crippen LogP contribution in [0, 0.1) is 16.7 Å². The van der Waals surface area contributed by atoms with Crippen LogP contribution in [0.25, 0.3) is 0 Å². The molecule has 0 radical (unpaired) electrons. The molecule has 4 aliphatic rings. The van der Waals surface area contributed by atoms with Crippen molar-refractivity contribution in [3.8, 4) is 0 Å². The third-order valence-electron chi connectivity index (χ3n) is 7.06. The third-order valence-corrected chi connectivity index (χ3v) is 8.17. The van der Waals surface area contributed by atoms with Crippen molar-refractivity contribution in [2.45, 2.75) is 63.9 Å². The second-order valence-corrected chi connectivity index (χ2v) is 8.70. The van der Waals surface area contributed by atoms with E-state index in [2.05, 4.69) is 62.7 Å². The minimum Gasteiger partial charge on any atom is -0.366 e. The fraction of sp³-hybridized carbons (Fsp3) is 0.824. The highest BCUT2D eigenvalue weighted by atomic mass is 79.9. The number of alkyl halides is 1. The Morgan fingerprint density at radius 2 is 1.82 bits per heavy atom. The average Bonchev–Trinajstić information content (AvgIpc) is 3.01. The van der Waals surface area contributed by atoms with Crippen LogP contribution in [0.5, 0.6) is 0 Å². The summed E-state index contributed by atoms with van der Waals surface area (Å²) in [5.41, 5.74) is -0.0722. The number of fused-ring (bicyclic) bond motifs is 3. The molecule has 0 N–H and O–H groups in total. The molecule has 2 aliphatic carbocycles. The third kappa shape index (κ3) is 1.47. The van der Waals surface area contributed by atoms with E-state index in [4.69, 9.17) is 19.1 Å². The van der Waals surface area contributed by atoms with E-state index in [1.165, 1.54) is 0 Å². The van der Waals surface area contributed by atoms with Gasteiger partial charge in [-0.1, -0.05) is 48.9 Å². The number of ether oxygens (including phenoxy) is 2. The first kappa shape index (κ1) is 16.4. The van der Waals surface area contributed by atoms with Gasteiger partial charge in [-0.25, -0.2) is 0 Å². The number of hydrogen-bond acceptors (Lipinski definition) is 4. The second-order valence-electron chi connectivity index (χ2n) is 8.14. The molecule has 2 heterocycles. The first-order chi connectivity index (χ1) is 10.1. The van der Waals surface area contributed by atoms with Crippen molar-refractivity contribution in [2.75, 3.05) is 5.33 Å². The smallest absolute Gasteiger partial charge is 0.366 e. The summed E-state index contributed by atoms with van der Waals surface area (Å²) in [5.74, 6) is 0.466. The Balaban J connectivity index is 0.000000446. The van der Waals surface area contributed by atoms with Crippen molar-refractivity contribution in [3.63, 3.8) is 0 Å². The molecule has 3 unspecified atom stereocenters. The van der Waals surface area contributed by atoms with E-state index in [0.29, 0.717) is 12.0 Å². The van der Waals surface area contributed by atoms with Gasteiger partial charge in [0.15, 0.2) is 0 Å². The van der Waals surface area contributed by atoms with Gasteiger partial charge in [0.1, 0.15) is 5.60 Å². The number of rotatable bonds is 1. The molecule has 5 heteroatoms. The van der Waals surface area contributed by atoms with Crippen molar-refractivity contribution in [1.82, 2.24) is 0 Å². The van der Waals surface area contributed by atoms with Gasteiger partial charge in [0.2, 0.25) is 0 Å². The maximum Gasteiger partial charge on any atom is 0.373 e. The lowest BCUT2D eigenvalue weighted by Gasteiger charge is -2.53. The summed E-state index contributed by atoms with van der Waals surface area (Å²) in [6.45, 7) is 11.6. The van der Waals surface area contributed by atoms with Gasteiger partial charge in [-0.05, 0) is 13.8 Å². The lowest BCUT2D eigenvalue weighted by atomic mass is 9.52. The molecule has 2 aliphatic heterocycles. The molecule has 4 rings (SSSR count). The molecular weight excluding hydrogens is 348 g/mol. The van der Waals surface area contributed by atoms with Crippen molar-refractivity contribution in [1.29, 1.82) is 0 Å². The van der Waals surface area contributed by atoms with Gasteiger partial charge in [-0.2, -0.15) is 9.59 Å². The number of hydrogen-bond donors (Lipinski definition) is 0. The number of epoxide rings is 1. The van der Waals surface area contributed by atoms with Gasteiger partial charge in [0.05, 0.1) is 17.3 Å². The van der Waals surface area contributed by atoms with Crippen LogP contribution in [0.2, 0.25) is 0 Å². The monoisotopic (exact) mass is 370 g/mol. The van der Waals surface area contributed by atoms with Gasteiger partial charge in [0.25, 0.3) is 0 Å². The quantitative estimate of drug-likeness (QED) is 0.404. The zero-order chi connectivity index (χ0) is 16.6. The molecule has 0 aromatic carbocycles. The van der Waals surface area contributed by atoms with Crippen LogP contribution in [0.15, 0.2) is 12.2 Å². The minimum atomic E-state index is -0.106.